The molecule has 2 aromatic carbocycles. The normalized spacial score (nSPS) is 15.2. The van der Waals surface area contributed by atoms with Crippen molar-refractivity contribution in [2.45, 2.75) is 13.5 Å². The summed E-state index contributed by atoms with van der Waals surface area (Å²) >= 11 is 0. The fourth-order valence-electron chi connectivity index (χ4n) is 3.93. The van der Waals surface area contributed by atoms with E-state index < -0.39 is 0 Å². The van der Waals surface area contributed by atoms with Crippen molar-refractivity contribution < 1.29 is 4.42 Å². The molecule has 0 spiro atoms. The molecular weight excluding hydrogens is 378 g/mol. The number of hydrogen-bond donors (Lipinski definition) is 2. The Balaban J connectivity index is 1.34. The summed E-state index contributed by atoms with van der Waals surface area (Å²) in [5.74, 6) is 0.444. The van der Waals surface area contributed by atoms with Gasteiger partial charge in [0.1, 0.15) is 11.1 Å². The Hall–Kier alpha value is -3.32. The fourth-order valence-corrected chi connectivity index (χ4v) is 3.93. The highest BCUT2D eigenvalue weighted by Gasteiger charge is 2.15. The highest BCUT2D eigenvalue weighted by Crippen LogP contribution is 2.26. The molecule has 0 radical (unpaired) electrons. The first-order valence-corrected chi connectivity index (χ1v) is 10.3. The largest absolute Gasteiger partial charge is 0.449 e. The van der Waals surface area contributed by atoms with Crippen LogP contribution >= 0.6 is 0 Å². The van der Waals surface area contributed by atoms with Gasteiger partial charge >= 0.3 is 0 Å². The Bertz CT molecular complexity index is 1250. The zero-order valence-electron chi connectivity index (χ0n) is 17.2. The number of aromatic nitrogens is 2. The maximum Gasteiger partial charge on any atom is 0.296 e. The molecule has 5 rings (SSSR count). The monoisotopic (exact) mass is 403 g/mol. The van der Waals surface area contributed by atoms with Gasteiger partial charge in [0, 0.05) is 43.8 Å². The van der Waals surface area contributed by atoms with Crippen LogP contribution in [0, 0.1) is 6.92 Å². The lowest BCUT2D eigenvalue weighted by Crippen LogP contribution is -2.44. The van der Waals surface area contributed by atoms with Crippen molar-refractivity contribution in [1.29, 1.82) is 0 Å². The molecule has 0 aliphatic carbocycles. The molecule has 30 heavy (non-hydrogen) atoms. The third kappa shape index (κ3) is 3.52. The Morgan fingerprint density at radius 1 is 1.10 bits per heavy atom. The summed E-state index contributed by atoms with van der Waals surface area (Å²) in [6, 6.07) is 14.4. The smallest absolute Gasteiger partial charge is 0.296 e. The molecule has 3 heterocycles. The van der Waals surface area contributed by atoms with Crippen molar-refractivity contribution >= 4 is 33.7 Å². The van der Waals surface area contributed by atoms with E-state index in [2.05, 4.69) is 56.4 Å². The minimum atomic E-state index is -0.276. The van der Waals surface area contributed by atoms with Crippen LogP contribution in [0.5, 0.6) is 0 Å². The van der Waals surface area contributed by atoms with Crippen molar-refractivity contribution in [1.82, 2.24) is 14.9 Å². The van der Waals surface area contributed by atoms with E-state index >= 15 is 0 Å². The molecule has 1 aliphatic rings. The number of piperazine rings is 1. The van der Waals surface area contributed by atoms with Crippen LogP contribution in [0.3, 0.4) is 0 Å². The number of hydrogen-bond acceptors (Lipinski definition) is 6. The Kier molecular flexibility index (Phi) is 4.67. The fraction of sp³-hybridized carbons (Fsp3) is 0.304. The summed E-state index contributed by atoms with van der Waals surface area (Å²) in [6.07, 6.45) is 0. The van der Waals surface area contributed by atoms with Crippen molar-refractivity contribution in [2.75, 3.05) is 43.4 Å². The van der Waals surface area contributed by atoms with Gasteiger partial charge in [0.2, 0.25) is 11.5 Å². The number of aromatic amines is 1. The molecule has 7 nitrogen and oxygen atoms in total. The molecule has 0 atom stereocenters. The van der Waals surface area contributed by atoms with E-state index in [0.717, 1.165) is 42.7 Å². The second-order valence-corrected chi connectivity index (χ2v) is 8.00. The highest BCUT2D eigenvalue weighted by molar-refractivity contribution is 6.02. The lowest BCUT2D eigenvalue weighted by atomic mass is 10.1. The topological polar surface area (TPSA) is 77.4 Å². The molecular formula is C23H25N5O2. The average molecular weight is 403 g/mol. The van der Waals surface area contributed by atoms with Crippen LogP contribution in [-0.2, 0) is 6.54 Å². The molecule has 0 saturated carbocycles. The summed E-state index contributed by atoms with van der Waals surface area (Å²) < 4.78 is 5.69. The van der Waals surface area contributed by atoms with Gasteiger partial charge in [0.15, 0.2) is 0 Å². The maximum absolute atomic E-state index is 12.5. The quantitative estimate of drug-likeness (QED) is 0.544. The number of H-pyrrole nitrogens is 1. The van der Waals surface area contributed by atoms with E-state index in [4.69, 9.17) is 4.42 Å². The van der Waals surface area contributed by atoms with E-state index in [1.807, 2.05) is 25.1 Å². The van der Waals surface area contributed by atoms with Crippen molar-refractivity contribution in [3.05, 3.63) is 63.9 Å². The standard InChI is InChI=1S/C23H25N5O2/c1-15-3-8-19-18(13-15)20-21(30-19)22(29)26-23(25-20)24-14-16-4-6-17(7-5-16)28-11-9-27(2)10-12-28/h3-8,13H,9-12,14H2,1-2H3,(H2,24,25,26,29). The molecule has 1 fully saturated rings. The molecule has 0 unspecified atom stereocenters. The molecule has 0 amide bonds. The van der Waals surface area contributed by atoms with Crippen LogP contribution in [0.4, 0.5) is 11.6 Å². The average Bonchev–Trinajstić information content (AvgIpc) is 3.12. The number of nitrogens with one attached hydrogen (secondary N) is 2. The van der Waals surface area contributed by atoms with E-state index in [1.54, 1.807) is 0 Å². The van der Waals surface area contributed by atoms with Crippen molar-refractivity contribution in [3.8, 4) is 0 Å². The van der Waals surface area contributed by atoms with Crippen molar-refractivity contribution in [2.24, 2.45) is 0 Å². The zero-order valence-corrected chi connectivity index (χ0v) is 17.2. The minimum absolute atomic E-state index is 0.262. The van der Waals surface area contributed by atoms with Crippen molar-refractivity contribution in [3.63, 3.8) is 0 Å². The summed E-state index contributed by atoms with van der Waals surface area (Å²) in [4.78, 5) is 24.6. The number of anilines is 2. The van der Waals surface area contributed by atoms with Crippen LogP contribution in [0.25, 0.3) is 22.1 Å². The second-order valence-electron chi connectivity index (χ2n) is 8.00. The lowest BCUT2D eigenvalue weighted by Gasteiger charge is -2.34. The van der Waals surface area contributed by atoms with Gasteiger partial charge in [-0.2, -0.15) is 0 Å². The number of benzene rings is 2. The van der Waals surface area contributed by atoms with Gasteiger partial charge in [-0.1, -0.05) is 23.8 Å². The molecule has 154 valence electrons. The maximum atomic E-state index is 12.5. The summed E-state index contributed by atoms with van der Waals surface area (Å²) in [7, 11) is 2.16. The second kappa shape index (κ2) is 7.50. The van der Waals surface area contributed by atoms with E-state index in [1.165, 1.54) is 5.69 Å². The number of nitrogens with zero attached hydrogens (tertiary/aromatic N) is 3. The molecule has 4 aromatic rings. The Labute approximate surface area is 174 Å². The van der Waals surface area contributed by atoms with Crippen LogP contribution in [-0.4, -0.2) is 48.1 Å². The number of fused-ring (bicyclic) bond motifs is 3. The highest BCUT2D eigenvalue weighted by atomic mass is 16.3. The van der Waals surface area contributed by atoms with Gasteiger partial charge in [0.25, 0.3) is 5.56 Å². The minimum Gasteiger partial charge on any atom is -0.449 e. The number of likely N-dealkylation sites (N-methyl/N-ethyl adjacent to an activating group) is 1. The summed E-state index contributed by atoms with van der Waals surface area (Å²) in [5, 5.41) is 4.10. The molecule has 7 heteroatoms. The first kappa shape index (κ1) is 18.7. The van der Waals surface area contributed by atoms with E-state index in [0.29, 0.717) is 23.6 Å². The van der Waals surface area contributed by atoms with Crippen LogP contribution in [0.2, 0.25) is 0 Å². The Morgan fingerprint density at radius 2 is 1.87 bits per heavy atom. The SMILES string of the molecule is Cc1ccc2oc3c(=O)[nH]c(NCc4ccc(N5CCN(C)CC5)cc4)nc3c2c1. The van der Waals surface area contributed by atoms with Gasteiger partial charge in [-0.25, -0.2) is 4.98 Å². The van der Waals surface area contributed by atoms with Crippen LogP contribution < -0.4 is 15.8 Å². The molecule has 2 aromatic heterocycles. The van der Waals surface area contributed by atoms with Gasteiger partial charge in [-0.05, 0) is 43.8 Å². The number of furan rings is 1. The first-order chi connectivity index (χ1) is 14.6. The lowest BCUT2D eigenvalue weighted by molar-refractivity contribution is 0.313. The number of rotatable bonds is 4. The Morgan fingerprint density at radius 3 is 2.63 bits per heavy atom. The first-order valence-electron chi connectivity index (χ1n) is 10.3. The number of aryl methyl sites for hydroxylation is 1. The van der Waals surface area contributed by atoms with E-state index in [9.17, 15) is 4.79 Å². The summed E-state index contributed by atoms with van der Waals surface area (Å²) in [6.45, 7) is 6.87. The van der Waals surface area contributed by atoms with Crippen LogP contribution in [0.1, 0.15) is 11.1 Å². The molecule has 1 saturated heterocycles. The van der Waals surface area contributed by atoms with E-state index in [-0.39, 0.29) is 11.1 Å². The third-order valence-corrected chi connectivity index (χ3v) is 5.74. The predicted octanol–water partition coefficient (Wildman–Crippen LogP) is 3.34. The van der Waals surface area contributed by atoms with Gasteiger partial charge in [-0.3, -0.25) is 9.78 Å². The third-order valence-electron chi connectivity index (χ3n) is 5.74. The zero-order chi connectivity index (χ0) is 20.7. The van der Waals surface area contributed by atoms with Gasteiger partial charge in [-0.15, -0.1) is 0 Å². The van der Waals surface area contributed by atoms with Gasteiger partial charge < -0.3 is 19.5 Å². The summed E-state index contributed by atoms with van der Waals surface area (Å²) in [5.41, 5.74) is 4.72. The molecule has 0 bridgehead atoms. The van der Waals surface area contributed by atoms with Gasteiger partial charge in [0.05, 0.1) is 0 Å². The molecule has 2 N–H and O–H groups in total. The molecule has 1 aliphatic heterocycles. The van der Waals surface area contributed by atoms with Crippen LogP contribution in [0.15, 0.2) is 51.7 Å². The predicted molar refractivity (Wildman–Crippen MR) is 120 cm³/mol.